The van der Waals surface area contributed by atoms with Crippen molar-refractivity contribution < 1.29 is 14.3 Å². The first-order valence-electron chi connectivity index (χ1n) is 6.02. The predicted octanol–water partition coefficient (Wildman–Crippen LogP) is 2.02. The summed E-state index contributed by atoms with van der Waals surface area (Å²) in [7, 11) is 0. The molecule has 0 aromatic heterocycles. The lowest BCUT2D eigenvalue weighted by atomic mass is 10.0. The van der Waals surface area contributed by atoms with Gasteiger partial charge < -0.3 is 15.7 Å². The molecule has 1 aromatic carbocycles. The molecule has 0 saturated heterocycles. The Hall–Kier alpha value is -2.11. The number of nitrogens with zero attached hydrogens (tertiary/aromatic N) is 2. The molecule has 0 fully saturated rings. The Morgan fingerprint density at radius 2 is 2.16 bits per heavy atom. The maximum absolute atomic E-state index is 13.4. The Balaban J connectivity index is 2.39. The van der Waals surface area contributed by atoms with Gasteiger partial charge in [0.05, 0.1) is 0 Å². The molecule has 102 valence electrons. The van der Waals surface area contributed by atoms with Crippen LogP contribution in [0.15, 0.2) is 23.2 Å². The lowest BCUT2D eigenvalue weighted by molar-refractivity contribution is 0.198. The van der Waals surface area contributed by atoms with Crippen LogP contribution < -0.4 is 5.73 Å². The van der Waals surface area contributed by atoms with Crippen LogP contribution in [-0.4, -0.2) is 28.4 Å². The summed E-state index contributed by atoms with van der Waals surface area (Å²) in [6.45, 7) is 4.38. The van der Waals surface area contributed by atoms with Gasteiger partial charge in [0.25, 0.3) is 0 Å². The van der Waals surface area contributed by atoms with E-state index in [4.69, 9.17) is 5.73 Å². The number of benzene rings is 1. The van der Waals surface area contributed by atoms with Crippen LogP contribution in [0.4, 0.5) is 9.18 Å². The van der Waals surface area contributed by atoms with Gasteiger partial charge in [-0.15, -0.1) is 0 Å². The van der Waals surface area contributed by atoms with Gasteiger partial charge in [0, 0.05) is 12.6 Å². The number of amidine groups is 1. The maximum Gasteiger partial charge on any atom is 0.346 e. The number of carbonyl (C=O) groups is 1. The van der Waals surface area contributed by atoms with Crippen molar-refractivity contribution in [3.63, 3.8) is 0 Å². The number of hydrogen-bond donors (Lipinski definition) is 2. The van der Waals surface area contributed by atoms with Crippen molar-refractivity contribution in [2.24, 2.45) is 16.6 Å². The van der Waals surface area contributed by atoms with Gasteiger partial charge in [-0.2, -0.15) is 4.99 Å². The van der Waals surface area contributed by atoms with Crippen molar-refractivity contribution in [3.8, 4) is 5.75 Å². The fourth-order valence-electron chi connectivity index (χ4n) is 2.19. The van der Waals surface area contributed by atoms with Crippen molar-refractivity contribution in [2.75, 3.05) is 6.54 Å². The third kappa shape index (κ3) is 2.67. The Morgan fingerprint density at radius 3 is 2.74 bits per heavy atom. The highest BCUT2D eigenvalue weighted by Crippen LogP contribution is 2.30. The number of aliphatic imine (C=N–C) groups is 1. The van der Waals surface area contributed by atoms with Crippen molar-refractivity contribution in [1.82, 2.24) is 4.90 Å². The van der Waals surface area contributed by atoms with Gasteiger partial charge in [-0.25, -0.2) is 9.18 Å². The highest BCUT2D eigenvalue weighted by Gasteiger charge is 2.35. The number of amides is 2. The molecule has 0 spiro atoms. The summed E-state index contributed by atoms with van der Waals surface area (Å²) in [4.78, 5) is 17.0. The first-order valence-corrected chi connectivity index (χ1v) is 6.02. The Bertz CT molecular complexity index is 522. The summed E-state index contributed by atoms with van der Waals surface area (Å²) in [6, 6.07) is 2.60. The van der Waals surface area contributed by atoms with Crippen LogP contribution >= 0.6 is 0 Å². The van der Waals surface area contributed by atoms with Crippen LogP contribution in [0.3, 0.4) is 0 Å². The van der Waals surface area contributed by atoms with Gasteiger partial charge in [-0.05, 0) is 23.6 Å². The van der Waals surface area contributed by atoms with E-state index < -0.39 is 17.9 Å². The Kier molecular flexibility index (Phi) is 3.42. The molecule has 6 heteroatoms. The van der Waals surface area contributed by atoms with Gasteiger partial charge in [0.1, 0.15) is 23.4 Å². The van der Waals surface area contributed by atoms with Crippen molar-refractivity contribution in [1.29, 1.82) is 0 Å². The summed E-state index contributed by atoms with van der Waals surface area (Å²) in [6.07, 6.45) is 0. The SMILES string of the molecule is CC(C)CN1C(=O)N=C(N)C1c1cc(O)cc(F)c1. The molecule has 1 heterocycles. The predicted molar refractivity (Wildman–Crippen MR) is 69.4 cm³/mol. The maximum atomic E-state index is 13.4. The number of phenolic OH excluding ortho intramolecular Hbond substituents is 1. The number of nitrogens with two attached hydrogens (primary N) is 1. The minimum Gasteiger partial charge on any atom is -0.508 e. The third-order valence-corrected chi connectivity index (χ3v) is 2.84. The molecule has 1 unspecified atom stereocenters. The summed E-state index contributed by atoms with van der Waals surface area (Å²) in [5, 5.41) is 9.45. The average molecular weight is 265 g/mol. The fourth-order valence-corrected chi connectivity index (χ4v) is 2.19. The van der Waals surface area contributed by atoms with Crippen molar-refractivity contribution in [3.05, 3.63) is 29.6 Å². The van der Waals surface area contributed by atoms with E-state index in [1.807, 2.05) is 13.8 Å². The topological polar surface area (TPSA) is 78.9 Å². The van der Waals surface area contributed by atoms with E-state index in [0.29, 0.717) is 12.1 Å². The number of carbonyl (C=O) groups excluding carboxylic acids is 1. The summed E-state index contributed by atoms with van der Waals surface area (Å²) in [5.74, 6) is -0.427. The normalized spacial score (nSPS) is 19.2. The molecule has 0 aliphatic carbocycles. The fraction of sp³-hybridized carbons (Fsp3) is 0.385. The molecule has 1 aliphatic rings. The highest BCUT2D eigenvalue weighted by molar-refractivity contribution is 6.03. The van der Waals surface area contributed by atoms with Gasteiger partial charge in [0.2, 0.25) is 0 Å². The number of rotatable bonds is 3. The van der Waals surface area contributed by atoms with Crippen molar-refractivity contribution in [2.45, 2.75) is 19.9 Å². The lowest BCUT2D eigenvalue weighted by Crippen LogP contribution is -2.35. The zero-order chi connectivity index (χ0) is 14.2. The molecule has 0 bridgehead atoms. The number of hydrogen-bond acceptors (Lipinski definition) is 3. The van der Waals surface area contributed by atoms with Crippen LogP contribution in [0.5, 0.6) is 5.75 Å². The van der Waals surface area contributed by atoms with E-state index in [1.165, 1.54) is 17.0 Å². The standard InChI is InChI=1S/C13H16FN3O2/c1-7(2)6-17-11(12(15)16-13(17)19)8-3-9(14)5-10(18)4-8/h3-5,7,11,18H,6H2,1-2H3,(H2,15,16,19). The van der Waals surface area contributed by atoms with E-state index in [1.54, 1.807) is 0 Å². The highest BCUT2D eigenvalue weighted by atomic mass is 19.1. The summed E-state index contributed by atoms with van der Waals surface area (Å²) < 4.78 is 13.4. The van der Waals surface area contributed by atoms with Crippen LogP contribution in [0, 0.1) is 11.7 Å². The van der Waals surface area contributed by atoms with E-state index in [-0.39, 0.29) is 17.5 Å². The molecular formula is C13H16FN3O2. The first-order chi connectivity index (χ1) is 8.88. The monoisotopic (exact) mass is 265 g/mol. The molecule has 5 nitrogen and oxygen atoms in total. The molecule has 1 atom stereocenters. The quantitative estimate of drug-likeness (QED) is 0.877. The minimum absolute atomic E-state index is 0.121. The second-order valence-electron chi connectivity index (χ2n) is 5.01. The van der Waals surface area contributed by atoms with Gasteiger partial charge in [-0.3, -0.25) is 0 Å². The summed E-state index contributed by atoms with van der Waals surface area (Å²) >= 11 is 0. The molecule has 1 aromatic rings. The van der Waals surface area contributed by atoms with Crippen LogP contribution in [-0.2, 0) is 0 Å². The molecule has 0 saturated carbocycles. The number of aromatic hydroxyl groups is 1. The Morgan fingerprint density at radius 1 is 1.47 bits per heavy atom. The molecular weight excluding hydrogens is 249 g/mol. The molecule has 3 N–H and O–H groups in total. The first kappa shape index (κ1) is 13.3. The van der Waals surface area contributed by atoms with Crippen LogP contribution in [0.2, 0.25) is 0 Å². The minimum atomic E-state index is -0.614. The van der Waals surface area contributed by atoms with E-state index in [0.717, 1.165) is 6.07 Å². The van der Waals surface area contributed by atoms with Crippen molar-refractivity contribution >= 4 is 11.9 Å². The Labute approximate surface area is 110 Å². The van der Waals surface area contributed by atoms with Crippen LogP contribution in [0.1, 0.15) is 25.5 Å². The van der Waals surface area contributed by atoms with E-state index >= 15 is 0 Å². The number of urea groups is 1. The lowest BCUT2D eigenvalue weighted by Gasteiger charge is -2.26. The molecule has 0 radical (unpaired) electrons. The van der Waals surface area contributed by atoms with Gasteiger partial charge >= 0.3 is 6.03 Å². The average Bonchev–Trinajstić information content (AvgIpc) is 2.51. The van der Waals surface area contributed by atoms with Gasteiger partial charge in [0.15, 0.2) is 0 Å². The molecule has 2 rings (SSSR count). The second-order valence-corrected chi connectivity index (χ2v) is 5.01. The van der Waals surface area contributed by atoms with Crippen LogP contribution in [0.25, 0.3) is 0 Å². The smallest absolute Gasteiger partial charge is 0.346 e. The summed E-state index contributed by atoms with van der Waals surface area (Å²) in [5.41, 5.74) is 6.17. The largest absolute Gasteiger partial charge is 0.508 e. The number of halogens is 1. The zero-order valence-electron chi connectivity index (χ0n) is 10.8. The second kappa shape index (κ2) is 4.87. The van der Waals surface area contributed by atoms with E-state index in [9.17, 15) is 14.3 Å². The number of phenols is 1. The van der Waals surface area contributed by atoms with Gasteiger partial charge in [-0.1, -0.05) is 13.8 Å². The zero-order valence-corrected chi connectivity index (χ0v) is 10.8. The molecule has 2 amide bonds. The van der Waals surface area contributed by atoms with E-state index in [2.05, 4.69) is 4.99 Å². The third-order valence-electron chi connectivity index (χ3n) is 2.84. The molecule has 19 heavy (non-hydrogen) atoms. The molecule has 1 aliphatic heterocycles.